The number of anilines is 1. The van der Waals surface area contributed by atoms with Crippen molar-refractivity contribution in [1.82, 2.24) is 4.98 Å². The molecular formula is C14H12FN3O2. The summed E-state index contributed by atoms with van der Waals surface area (Å²) in [5.74, 6) is 4.34. The lowest BCUT2D eigenvalue weighted by Gasteiger charge is -2.04. The quantitative estimate of drug-likeness (QED) is 0.816. The van der Waals surface area contributed by atoms with Crippen molar-refractivity contribution in [2.45, 2.75) is 6.92 Å². The van der Waals surface area contributed by atoms with Gasteiger partial charge in [0.1, 0.15) is 5.82 Å². The van der Waals surface area contributed by atoms with Gasteiger partial charge in [-0.05, 0) is 25.1 Å². The number of nitrogens with two attached hydrogens (primary N) is 1. The fraction of sp³-hybridized carbons (Fsp3) is 0.143. The first-order valence-electron chi connectivity index (χ1n) is 5.81. The Kier molecular flexibility index (Phi) is 4.13. The molecule has 0 bridgehead atoms. The third-order valence-corrected chi connectivity index (χ3v) is 2.50. The molecule has 1 aromatic heterocycles. The molecule has 0 aliphatic carbocycles. The van der Waals surface area contributed by atoms with Crippen LogP contribution in [0.2, 0.25) is 0 Å². The Morgan fingerprint density at radius 2 is 2.35 bits per heavy atom. The summed E-state index contributed by atoms with van der Waals surface area (Å²) in [6.45, 7) is 1.79. The number of nitrogens with one attached hydrogen (secondary N) is 1. The third-order valence-electron chi connectivity index (χ3n) is 2.50. The zero-order valence-electron chi connectivity index (χ0n) is 10.7. The highest BCUT2D eigenvalue weighted by molar-refractivity contribution is 6.02. The van der Waals surface area contributed by atoms with Crippen LogP contribution < -0.4 is 11.1 Å². The van der Waals surface area contributed by atoms with Gasteiger partial charge in [-0.3, -0.25) is 4.79 Å². The van der Waals surface area contributed by atoms with Crippen molar-refractivity contribution in [3.8, 4) is 11.8 Å². The Labute approximate surface area is 115 Å². The number of amides is 1. The van der Waals surface area contributed by atoms with Crippen molar-refractivity contribution >= 4 is 11.6 Å². The van der Waals surface area contributed by atoms with Gasteiger partial charge in [0.05, 0.1) is 17.8 Å². The van der Waals surface area contributed by atoms with Crippen molar-refractivity contribution in [3.63, 3.8) is 0 Å². The molecule has 0 spiro atoms. The zero-order chi connectivity index (χ0) is 14.5. The molecule has 1 heterocycles. The summed E-state index contributed by atoms with van der Waals surface area (Å²) in [4.78, 5) is 15.7. The fourth-order valence-corrected chi connectivity index (χ4v) is 1.55. The first kappa shape index (κ1) is 13.8. The van der Waals surface area contributed by atoms with E-state index < -0.39 is 11.7 Å². The number of rotatable bonds is 2. The summed E-state index contributed by atoms with van der Waals surface area (Å²) in [6.07, 6.45) is 1.19. The first-order valence-corrected chi connectivity index (χ1v) is 5.81. The number of halogens is 1. The number of hydrogen-bond donors (Lipinski definition) is 2. The highest BCUT2D eigenvalue weighted by Gasteiger charge is 2.14. The predicted molar refractivity (Wildman–Crippen MR) is 71.5 cm³/mol. The average Bonchev–Trinajstić information content (AvgIpc) is 2.85. The standard InChI is InChI=1S/C14H12FN3O2/c1-9-13(20-8-17-9)14(19)18-11-4-5-12(15)10(7-11)3-2-6-16/h4-5,7-8H,6,16H2,1H3,(H,18,19). The van der Waals surface area contributed by atoms with E-state index in [1.54, 1.807) is 6.92 Å². The first-order chi connectivity index (χ1) is 9.61. The largest absolute Gasteiger partial charge is 0.438 e. The highest BCUT2D eigenvalue weighted by atomic mass is 19.1. The van der Waals surface area contributed by atoms with E-state index in [2.05, 4.69) is 22.1 Å². The van der Waals surface area contributed by atoms with Crippen LogP contribution in [0.5, 0.6) is 0 Å². The van der Waals surface area contributed by atoms with Gasteiger partial charge in [0.15, 0.2) is 6.39 Å². The minimum Gasteiger partial charge on any atom is -0.438 e. The molecule has 0 saturated heterocycles. The molecule has 0 unspecified atom stereocenters. The number of aryl methyl sites for hydroxylation is 1. The zero-order valence-corrected chi connectivity index (χ0v) is 10.7. The maximum Gasteiger partial charge on any atom is 0.293 e. The molecule has 2 rings (SSSR count). The van der Waals surface area contributed by atoms with Crippen LogP contribution in [0.3, 0.4) is 0 Å². The van der Waals surface area contributed by atoms with Crippen LogP contribution in [0, 0.1) is 24.6 Å². The fourth-order valence-electron chi connectivity index (χ4n) is 1.55. The molecular weight excluding hydrogens is 261 g/mol. The molecule has 6 heteroatoms. The van der Waals surface area contributed by atoms with E-state index in [0.717, 1.165) is 0 Å². The van der Waals surface area contributed by atoms with E-state index in [0.29, 0.717) is 11.4 Å². The van der Waals surface area contributed by atoms with Gasteiger partial charge in [-0.1, -0.05) is 11.8 Å². The molecule has 1 aromatic carbocycles. The van der Waals surface area contributed by atoms with Gasteiger partial charge in [0.25, 0.3) is 5.91 Å². The van der Waals surface area contributed by atoms with E-state index >= 15 is 0 Å². The van der Waals surface area contributed by atoms with Gasteiger partial charge < -0.3 is 15.5 Å². The monoisotopic (exact) mass is 273 g/mol. The Morgan fingerprint density at radius 1 is 1.55 bits per heavy atom. The summed E-state index contributed by atoms with van der Waals surface area (Å²) >= 11 is 0. The Balaban J connectivity index is 2.22. The van der Waals surface area contributed by atoms with Crippen LogP contribution in [0.1, 0.15) is 21.8 Å². The van der Waals surface area contributed by atoms with Gasteiger partial charge in [0.2, 0.25) is 5.76 Å². The summed E-state index contributed by atoms with van der Waals surface area (Å²) in [5.41, 5.74) is 6.30. The van der Waals surface area contributed by atoms with Crippen LogP contribution in [-0.4, -0.2) is 17.4 Å². The van der Waals surface area contributed by atoms with E-state index in [4.69, 9.17) is 10.2 Å². The average molecular weight is 273 g/mol. The van der Waals surface area contributed by atoms with Crippen LogP contribution in [-0.2, 0) is 0 Å². The topological polar surface area (TPSA) is 81.2 Å². The molecule has 0 aliphatic rings. The Bertz CT molecular complexity index is 698. The lowest BCUT2D eigenvalue weighted by molar-refractivity contribution is 0.0996. The Morgan fingerprint density at radius 3 is 3.00 bits per heavy atom. The number of carbonyl (C=O) groups excluding carboxylic acids is 1. The number of nitrogens with zero attached hydrogens (tertiary/aromatic N) is 1. The van der Waals surface area contributed by atoms with Crippen LogP contribution >= 0.6 is 0 Å². The van der Waals surface area contributed by atoms with Crippen molar-refractivity contribution in [2.24, 2.45) is 5.73 Å². The van der Waals surface area contributed by atoms with Crippen molar-refractivity contribution < 1.29 is 13.6 Å². The maximum atomic E-state index is 13.5. The SMILES string of the molecule is Cc1ncoc1C(=O)Nc1ccc(F)c(C#CCN)c1. The molecule has 0 atom stereocenters. The van der Waals surface area contributed by atoms with Crippen molar-refractivity contribution in [2.75, 3.05) is 11.9 Å². The smallest absolute Gasteiger partial charge is 0.293 e. The van der Waals surface area contributed by atoms with Gasteiger partial charge >= 0.3 is 0 Å². The van der Waals surface area contributed by atoms with Gasteiger partial charge in [0, 0.05) is 5.69 Å². The molecule has 1 amide bonds. The van der Waals surface area contributed by atoms with Gasteiger partial charge in [-0.2, -0.15) is 0 Å². The van der Waals surface area contributed by atoms with E-state index in [9.17, 15) is 9.18 Å². The second-order valence-corrected chi connectivity index (χ2v) is 3.92. The molecule has 0 radical (unpaired) electrons. The summed E-state index contributed by atoms with van der Waals surface area (Å²) < 4.78 is 18.5. The van der Waals surface area contributed by atoms with Gasteiger partial charge in [-0.25, -0.2) is 9.37 Å². The second-order valence-electron chi connectivity index (χ2n) is 3.92. The molecule has 0 aliphatic heterocycles. The highest BCUT2D eigenvalue weighted by Crippen LogP contribution is 2.16. The van der Waals surface area contributed by atoms with Crippen LogP contribution in [0.15, 0.2) is 29.0 Å². The maximum absolute atomic E-state index is 13.5. The number of aromatic nitrogens is 1. The number of hydrogen-bond acceptors (Lipinski definition) is 4. The predicted octanol–water partition coefficient (Wildman–Crippen LogP) is 1.68. The van der Waals surface area contributed by atoms with Crippen molar-refractivity contribution in [1.29, 1.82) is 0 Å². The lowest BCUT2D eigenvalue weighted by Crippen LogP contribution is -2.12. The molecule has 0 fully saturated rings. The van der Waals surface area contributed by atoms with E-state index in [-0.39, 0.29) is 17.9 Å². The minimum absolute atomic E-state index is 0.115. The molecule has 5 nitrogen and oxygen atoms in total. The van der Waals surface area contributed by atoms with E-state index in [1.807, 2.05) is 0 Å². The molecule has 102 valence electrons. The summed E-state index contributed by atoms with van der Waals surface area (Å²) in [5, 5.41) is 2.59. The lowest BCUT2D eigenvalue weighted by atomic mass is 10.2. The number of oxazole rings is 1. The van der Waals surface area contributed by atoms with Gasteiger partial charge in [-0.15, -0.1) is 0 Å². The molecule has 2 aromatic rings. The third kappa shape index (κ3) is 3.02. The molecule has 0 saturated carbocycles. The minimum atomic E-state index is -0.472. The summed E-state index contributed by atoms with van der Waals surface area (Å²) in [6, 6.07) is 4.09. The molecule has 20 heavy (non-hydrogen) atoms. The summed E-state index contributed by atoms with van der Waals surface area (Å²) in [7, 11) is 0. The Hall–Kier alpha value is -2.65. The van der Waals surface area contributed by atoms with Crippen LogP contribution in [0.25, 0.3) is 0 Å². The second kappa shape index (κ2) is 5.99. The number of carbonyl (C=O) groups is 1. The van der Waals surface area contributed by atoms with Crippen molar-refractivity contribution in [3.05, 3.63) is 47.4 Å². The normalized spacial score (nSPS) is 9.75. The van der Waals surface area contributed by atoms with Crippen LogP contribution in [0.4, 0.5) is 10.1 Å². The van der Waals surface area contributed by atoms with E-state index in [1.165, 1.54) is 24.6 Å². The molecule has 3 N–H and O–H groups in total. The number of benzene rings is 1.